The number of nitrogens with two attached hydrogens (primary N) is 1. The van der Waals surface area contributed by atoms with E-state index in [1.54, 1.807) is 11.9 Å². The highest BCUT2D eigenvalue weighted by Crippen LogP contribution is 2.09. The number of nitrogen functional groups attached to an aromatic ring is 1. The lowest BCUT2D eigenvalue weighted by Gasteiger charge is -2.17. The van der Waals surface area contributed by atoms with Gasteiger partial charge < -0.3 is 15.4 Å². The van der Waals surface area contributed by atoms with Gasteiger partial charge in [0.25, 0.3) is 0 Å². The Hall–Kier alpha value is -1.55. The molecule has 1 aromatic carbocycles. The first-order valence-corrected chi connectivity index (χ1v) is 5.79. The summed E-state index contributed by atoms with van der Waals surface area (Å²) < 4.78 is 5.16. The van der Waals surface area contributed by atoms with Gasteiger partial charge in [0.15, 0.2) is 0 Å². The third-order valence-corrected chi connectivity index (χ3v) is 2.46. The predicted octanol–water partition coefficient (Wildman–Crippen LogP) is 1.65. The Morgan fingerprint density at radius 1 is 1.47 bits per heavy atom. The molecule has 0 fully saturated rings. The van der Waals surface area contributed by atoms with Gasteiger partial charge in [-0.1, -0.05) is 12.1 Å². The minimum atomic E-state index is 0.0841. The van der Waals surface area contributed by atoms with E-state index in [-0.39, 0.29) is 5.91 Å². The average molecular weight is 236 g/mol. The van der Waals surface area contributed by atoms with Gasteiger partial charge in [-0.05, 0) is 24.6 Å². The lowest BCUT2D eigenvalue weighted by molar-refractivity contribution is -0.131. The summed E-state index contributed by atoms with van der Waals surface area (Å²) in [6.07, 6.45) is 0.423. The Balaban J connectivity index is 2.43. The van der Waals surface area contributed by atoms with E-state index in [1.165, 1.54) is 0 Å². The molecule has 0 radical (unpaired) electrons. The maximum absolute atomic E-state index is 11.7. The molecule has 0 saturated heterocycles. The lowest BCUT2D eigenvalue weighted by atomic mass is 10.2. The Kier molecular flexibility index (Phi) is 5.49. The molecule has 1 amide bonds. The number of anilines is 1. The molecule has 0 saturated carbocycles. The summed E-state index contributed by atoms with van der Waals surface area (Å²) >= 11 is 0. The zero-order valence-corrected chi connectivity index (χ0v) is 10.5. The maximum Gasteiger partial charge on any atom is 0.224 e. The van der Waals surface area contributed by atoms with Crippen LogP contribution in [0.25, 0.3) is 0 Å². The normalized spacial score (nSPS) is 10.2. The van der Waals surface area contributed by atoms with Gasteiger partial charge in [-0.2, -0.15) is 0 Å². The van der Waals surface area contributed by atoms with Gasteiger partial charge in [0.1, 0.15) is 0 Å². The molecule has 1 aromatic rings. The minimum absolute atomic E-state index is 0.0841. The number of ether oxygens (including phenoxy) is 1. The van der Waals surface area contributed by atoms with E-state index in [0.29, 0.717) is 26.2 Å². The molecule has 0 bridgehead atoms. The van der Waals surface area contributed by atoms with Crippen LogP contribution in [0.5, 0.6) is 0 Å². The summed E-state index contributed by atoms with van der Waals surface area (Å²) in [5, 5.41) is 0. The third kappa shape index (κ3) is 4.87. The van der Waals surface area contributed by atoms with E-state index < -0.39 is 0 Å². The molecular weight excluding hydrogens is 216 g/mol. The fourth-order valence-corrected chi connectivity index (χ4v) is 1.55. The highest BCUT2D eigenvalue weighted by atomic mass is 16.5. The van der Waals surface area contributed by atoms with Crippen molar-refractivity contribution in [3.63, 3.8) is 0 Å². The van der Waals surface area contributed by atoms with Crippen molar-refractivity contribution in [1.29, 1.82) is 0 Å². The van der Waals surface area contributed by atoms with E-state index in [4.69, 9.17) is 10.5 Å². The molecule has 0 spiro atoms. The summed E-state index contributed by atoms with van der Waals surface area (Å²) in [5.41, 5.74) is 7.44. The van der Waals surface area contributed by atoms with Crippen molar-refractivity contribution in [2.24, 2.45) is 0 Å². The van der Waals surface area contributed by atoms with E-state index in [0.717, 1.165) is 11.3 Å². The molecule has 0 aromatic heterocycles. The molecular formula is C13H20N2O2. The quantitative estimate of drug-likeness (QED) is 0.603. The van der Waals surface area contributed by atoms with Crippen molar-refractivity contribution >= 4 is 11.6 Å². The smallest absolute Gasteiger partial charge is 0.224 e. The topological polar surface area (TPSA) is 55.6 Å². The SMILES string of the molecule is CCOCCC(=O)N(C)Cc1cccc(N)c1. The fraction of sp³-hybridized carbons (Fsp3) is 0.462. The van der Waals surface area contributed by atoms with Gasteiger partial charge in [0.05, 0.1) is 13.0 Å². The van der Waals surface area contributed by atoms with E-state index >= 15 is 0 Å². The van der Waals surface area contributed by atoms with Crippen LogP contribution < -0.4 is 5.73 Å². The first-order valence-electron chi connectivity index (χ1n) is 5.79. The van der Waals surface area contributed by atoms with Crippen LogP contribution in [0.4, 0.5) is 5.69 Å². The van der Waals surface area contributed by atoms with Crippen LogP contribution in [-0.4, -0.2) is 31.1 Å². The molecule has 0 atom stereocenters. The molecule has 2 N–H and O–H groups in total. The molecule has 0 aliphatic heterocycles. The Morgan fingerprint density at radius 2 is 2.24 bits per heavy atom. The van der Waals surface area contributed by atoms with Gasteiger partial charge >= 0.3 is 0 Å². The number of hydrogen-bond donors (Lipinski definition) is 1. The summed E-state index contributed by atoms with van der Waals surface area (Å²) in [4.78, 5) is 13.4. The van der Waals surface area contributed by atoms with Gasteiger partial charge in [-0.15, -0.1) is 0 Å². The third-order valence-electron chi connectivity index (χ3n) is 2.46. The molecule has 17 heavy (non-hydrogen) atoms. The summed E-state index contributed by atoms with van der Waals surface area (Å²) in [6, 6.07) is 7.57. The van der Waals surface area contributed by atoms with Crippen LogP contribution in [0.15, 0.2) is 24.3 Å². The second-order valence-electron chi connectivity index (χ2n) is 3.94. The molecule has 0 unspecified atom stereocenters. The second-order valence-corrected chi connectivity index (χ2v) is 3.94. The number of amides is 1. The largest absolute Gasteiger partial charge is 0.399 e. The maximum atomic E-state index is 11.7. The number of carbonyl (C=O) groups excluding carboxylic acids is 1. The van der Waals surface area contributed by atoms with Crippen molar-refractivity contribution < 1.29 is 9.53 Å². The summed E-state index contributed by atoms with van der Waals surface area (Å²) in [6.45, 7) is 3.62. The monoisotopic (exact) mass is 236 g/mol. The predicted molar refractivity (Wildman–Crippen MR) is 68.4 cm³/mol. The van der Waals surface area contributed by atoms with E-state index in [9.17, 15) is 4.79 Å². The summed E-state index contributed by atoms with van der Waals surface area (Å²) in [5.74, 6) is 0.0841. The van der Waals surface area contributed by atoms with Gasteiger partial charge in [0, 0.05) is 25.9 Å². The van der Waals surface area contributed by atoms with Gasteiger partial charge in [-0.3, -0.25) is 4.79 Å². The molecule has 94 valence electrons. The number of carbonyl (C=O) groups is 1. The lowest BCUT2D eigenvalue weighted by Crippen LogP contribution is -2.27. The van der Waals surface area contributed by atoms with Crippen LogP contribution in [-0.2, 0) is 16.1 Å². The minimum Gasteiger partial charge on any atom is -0.399 e. The fourth-order valence-electron chi connectivity index (χ4n) is 1.55. The highest BCUT2D eigenvalue weighted by Gasteiger charge is 2.08. The number of hydrogen-bond acceptors (Lipinski definition) is 3. The van der Waals surface area contributed by atoms with Crippen molar-refractivity contribution in [3.05, 3.63) is 29.8 Å². The van der Waals surface area contributed by atoms with Crippen LogP contribution in [0.3, 0.4) is 0 Å². The number of rotatable bonds is 6. The molecule has 4 heteroatoms. The Labute approximate surface area is 102 Å². The van der Waals surface area contributed by atoms with Crippen LogP contribution >= 0.6 is 0 Å². The Bertz CT molecular complexity index is 366. The van der Waals surface area contributed by atoms with Gasteiger partial charge in [0.2, 0.25) is 5.91 Å². The zero-order valence-electron chi connectivity index (χ0n) is 10.5. The standard InChI is InChI=1S/C13H20N2O2/c1-3-17-8-7-13(16)15(2)10-11-5-4-6-12(14)9-11/h4-6,9H,3,7-8,10,14H2,1-2H3. The van der Waals surface area contributed by atoms with Crippen molar-refractivity contribution in [2.45, 2.75) is 19.9 Å². The molecule has 0 heterocycles. The van der Waals surface area contributed by atoms with Crippen LogP contribution in [0.2, 0.25) is 0 Å². The first-order chi connectivity index (χ1) is 8.13. The first kappa shape index (κ1) is 13.5. The van der Waals surface area contributed by atoms with Crippen molar-refractivity contribution in [3.8, 4) is 0 Å². The zero-order chi connectivity index (χ0) is 12.7. The molecule has 0 aliphatic carbocycles. The number of nitrogens with zero attached hydrogens (tertiary/aromatic N) is 1. The van der Waals surface area contributed by atoms with Crippen molar-refractivity contribution in [2.75, 3.05) is 26.0 Å². The summed E-state index contributed by atoms with van der Waals surface area (Å²) in [7, 11) is 1.79. The molecule has 1 rings (SSSR count). The van der Waals surface area contributed by atoms with E-state index in [2.05, 4.69) is 0 Å². The van der Waals surface area contributed by atoms with Crippen LogP contribution in [0.1, 0.15) is 18.9 Å². The highest BCUT2D eigenvalue weighted by molar-refractivity contribution is 5.76. The van der Waals surface area contributed by atoms with Crippen molar-refractivity contribution in [1.82, 2.24) is 4.90 Å². The Morgan fingerprint density at radius 3 is 2.88 bits per heavy atom. The second kappa shape index (κ2) is 6.91. The van der Waals surface area contributed by atoms with Crippen LogP contribution in [0, 0.1) is 0 Å². The van der Waals surface area contributed by atoms with Gasteiger partial charge in [-0.25, -0.2) is 0 Å². The number of benzene rings is 1. The molecule has 4 nitrogen and oxygen atoms in total. The van der Waals surface area contributed by atoms with E-state index in [1.807, 2.05) is 31.2 Å². The average Bonchev–Trinajstić information content (AvgIpc) is 2.29. The molecule has 0 aliphatic rings.